The molecule has 3 nitrogen and oxygen atoms in total. The van der Waals surface area contributed by atoms with Gasteiger partial charge in [0.25, 0.3) is 0 Å². The normalized spacial score (nSPS) is 33.6. The van der Waals surface area contributed by atoms with Gasteiger partial charge in [-0.3, -0.25) is 4.90 Å². The summed E-state index contributed by atoms with van der Waals surface area (Å²) >= 11 is 1.90. The van der Waals surface area contributed by atoms with Gasteiger partial charge in [0, 0.05) is 24.0 Å². The Hall–Kier alpha value is -0.450. The lowest BCUT2D eigenvalue weighted by atomic mass is 9.85. The van der Waals surface area contributed by atoms with E-state index in [0.717, 1.165) is 6.04 Å². The maximum absolute atomic E-state index is 5.07. The maximum atomic E-state index is 5.07. The summed E-state index contributed by atoms with van der Waals surface area (Å²) in [6.45, 7) is 7.05. The third-order valence-electron chi connectivity index (χ3n) is 5.51. The molecule has 0 bridgehead atoms. The number of piperidine rings is 1. The van der Waals surface area contributed by atoms with Crippen molar-refractivity contribution in [2.75, 3.05) is 13.1 Å². The fourth-order valence-electron chi connectivity index (χ4n) is 4.13. The van der Waals surface area contributed by atoms with Gasteiger partial charge in [0.1, 0.15) is 5.01 Å². The van der Waals surface area contributed by atoms with E-state index in [4.69, 9.17) is 4.98 Å². The first-order valence-corrected chi connectivity index (χ1v) is 9.55. The summed E-state index contributed by atoms with van der Waals surface area (Å²) in [5, 5.41) is 7.70. The fraction of sp³-hybridized carbons (Fsp3) is 0.824. The molecule has 2 aliphatic heterocycles. The van der Waals surface area contributed by atoms with E-state index in [-0.39, 0.29) is 5.54 Å². The molecule has 2 unspecified atom stereocenters. The lowest BCUT2D eigenvalue weighted by Gasteiger charge is -2.40. The molecule has 1 aliphatic carbocycles. The first-order valence-electron chi connectivity index (χ1n) is 8.67. The zero-order valence-electron chi connectivity index (χ0n) is 13.3. The van der Waals surface area contributed by atoms with Crippen LogP contribution < -0.4 is 5.32 Å². The Labute approximate surface area is 132 Å². The highest BCUT2D eigenvalue weighted by molar-refractivity contribution is 7.09. The number of nitrogens with one attached hydrogen (secondary N) is 1. The quantitative estimate of drug-likeness (QED) is 0.923. The number of rotatable bonds is 4. The molecule has 4 rings (SSSR count). The summed E-state index contributed by atoms with van der Waals surface area (Å²) in [5.74, 6) is 0.539. The van der Waals surface area contributed by atoms with Gasteiger partial charge in [-0.1, -0.05) is 20.3 Å². The highest BCUT2D eigenvalue weighted by Gasteiger charge is 2.52. The van der Waals surface area contributed by atoms with Crippen molar-refractivity contribution >= 4 is 11.3 Å². The lowest BCUT2D eigenvalue weighted by Crippen LogP contribution is -2.54. The molecule has 4 heteroatoms. The van der Waals surface area contributed by atoms with Gasteiger partial charge < -0.3 is 5.32 Å². The van der Waals surface area contributed by atoms with Gasteiger partial charge in [0.05, 0.1) is 11.2 Å². The van der Waals surface area contributed by atoms with Crippen molar-refractivity contribution in [3.63, 3.8) is 0 Å². The average Bonchev–Trinajstić information content (AvgIpc) is 3.02. The molecule has 1 N–H and O–H groups in total. The van der Waals surface area contributed by atoms with Crippen LogP contribution in [0.2, 0.25) is 0 Å². The summed E-state index contributed by atoms with van der Waals surface area (Å²) in [5.41, 5.74) is 1.43. The first-order chi connectivity index (χ1) is 10.2. The van der Waals surface area contributed by atoms with Gasteiger partial charge >= 0.3 is 0 Å². The molecule has 1 saturated carbocycles. The molecule has 0 radical (unpaired) electrons. The van der Waals surface area contributed by atoms with Gasteiger partial charge in [-0.25, -0.2) is 4.98 Å². The Morgan fingerprint density at radius 2 is 2.14 bits per heavy atom. The van der Waals surface area contributed by atoms with Crippen LogP contribution in [0.5, 0.6) is 0 Å². The van der Waals surface area contributed by atoms with E-state index in [1.54, 1.807) is 0 Å². The summed E-state index contributed by atoms with van der Waals surface area (Å²) in [4.78, 5) is 7.80. The molecule has 3 heterocycles. The standard InChI is InChI=1S/C17H27N3S/c1-12(2)14-11-21-16(18-14)17(19-13-6-7-13)8-10-20-9-4-3-5-15(17)20/h11-13,15,19H,3-10H2,1-2H3. The van der Waals surface area contributed by atoms with Crippen molar-refractivity contribution in [1.82, 2.24) is 15.2 Å². The van der Waals surface area contributed by atoms with Gasteiger partial charge in [0.2, 0.25) is 0 Å². The lowest BCUT2D eigenvalue weighted by molar-refractivity contribution is 0.135. The molecule has 2 saturated heterocycles. The number of hydrogen-bond acceptors (Lipinski definition) is 4. The van der Waals surface area contributed by atoms with Crippen LogP contribution in [-0.2, 0) is 5.54 Å². The monoisotopic (exact) mass is 305 g/mol. The predicted molar refractivity (Wildman–Crippen MR) is 87.9 cm³/mol. The summed E-state index contributed by atoms with van der Waals surface area (Å²) < 4.78 is 0. The van der Waals surface area contributed by atoms with E-state index < -0.39 is 0 Å². The minimum Gasteiger partial charge on any atom is -0.301 e. The van der Waals surface area contributed by atoms with Crippen LogP contribution >= 0.6 is 11.3 Å². The average molecular weight is 305 g/mol. The molecule has 0 amide bonds. The van der Waals surface area contributed by atoms with Gasteiger partial charge in [0.15, 0.2) is 0 Å². The van der Waals surface area contributed by atoms with Gasteiger partial charge in [-0.2, -0.15) is 0 Å². The van der Waals surface area contributed by atoms with E-state index in [0.29, 0.717) is 12.0 Å². The Morgan fingerprint density at radius 3 is 2.86 bits per heavy atom. The molecule has 1 aromatic rings. The summed E-state index contributed by atoms with van der Waals surface area (Å²) in [6, 6.07) is 1.43. The van der Waals surface area contributed by atoms with E-state index in [9.17, 15) is 0 Å². The van der Waals surface area contributed by atoms with Crippen molar-refractivity contribution in [3.8, 4) is 0 Å². The minimum atomic E-state index is 0.152. The smallest absolute Gasteiger partial charge is 0.115 e. The number of nitrogens with zero attached hydrogens (tertiary/aromatic N) is 2. The van der Waals surface area contributed by atoms with Crippen LogP contribution in [0.25, 0.3) is 0 Å². The molecule has 21 heavy (non-hydrogen) atoms. The van der Waals surface area contributed by atoms with E-state index in [1.807, 2.05) is 11.3 Å². The number of fused-ring (bicyclic) bond motifs is 1. The first kappa shape index (κ1) is 14.2. The topological polar surface area (TPSA) is 28.2 Å². The van der Waals surface area contributed by atoms with Crippen molar-refractivity contribution in [2.45, 2.75) is 75.9 Å². The maximum Gasteiger partial charge on any atom is 0.115 e. The molecule has 3 aliphatic rings. The van der Waals surface area contributed by atoms with Crippen LogP contribution in [0.3, 0.4) is 0 Å². The molecular weight excluding hydrogens is 278 g/mol. The third kappa shape index (κ3) is 2.45. The Kier molecular flexibility index (Phi) is 3.59. The predicted octanol–water partition coefficient (Wildman–Crippen LogP) is 3.47. The van der Waals surface area contributed by atoms with E-state index >= 15 is 0 Å². The number of hydrogen-bond donors (Lipinski definition) is 1. The van der Waals surface area contributed by atoms with E-state index in [2.05, 4.69) is 29.4 Å². The fourth-order valence-corrected chi connectivity index (χ4v) is 5.35. The van der Waals surface area contributed by atoms with Crippen LogP contribution in [0.15, 0.2) is 5.38 Å². The van der Waals surface area contributed by atoms with Crippen LogP contribution in [0, 0.1) is 0 Å². The third-order valence-corrected chi connectivity index (χ3v) is 6.55. The van der Waals surface area contributed by atoms with Gasteiger partial charge in [-0.05, 0) is 44.6 Å². The summed E-state index contributed by atoms with van der Waals surface area (Å²) in [6.07, 6.45) is 8.08. The minimum absolute atomic E-state index is 0.152. The Balaban J connectivity index is 1.69. The highest BCUT2D eigenvalue weighted by Crippen LogP contribution is 2.45. The van der Waals surface area contributed by atoms with Gasteiger partial charge in [-0.15, -0.1) is 11.3 Å². The van der Waals surface area contributed by atoms with Crippen molar-refractivity contribution in [1.29, 1.82) is 0 Å². The van der Waals surface area contributed by atoms with Crippen LogP contribution in [0.4, 0.5) is 0 Å². The number of thiazole rings is 1. The molecule has 3 fully saturated rings. The summed E-state index contributed by atoms with van der Waals surface area (Å²) in [7, 11) is 0. The molecule has 116 valence electrons. The molecule has 0 aromatic carbocycles. The van der Waals surface area contributed by atoms with Crippen LogP contribution in [0.1, 0.15) is 69.0 Å². The van der Waals surface area contributed by atoms with Crippen LogP contribution in [-0.4, -0.2) is 35.1 Å². The molecule has 2 atom stereocenters. The molecule has 1 aromatic heterocycles. The highest BCUT2D eigenvalue weighted by atomic mass is 32.1. The van der Waals surface area contributed by atoms with Crippen molar-refractivity contribution < 1.29 is 0 Å². The molecular formula is C17H27N3S. The van der Waals surface area contributed by atoms with E-state index in [1.165, 1.54) is 62.3 Å². The second-order valence-electron chi connectivity index (χ2n) is 7.42. The zero-order valence-corrected chi connectivity index (χ0v) is 14.1. The SMILES string of the molecule is CC(C)c1csc(C2(NC3CC3)CCN3CCCCC32)n1. The van der Waals surface area contributed by atoms with Crippen molar-refractivity contribution in [2.24, 2.45) is 0 Å². The largest absolute Gasteiger partial charge is 0.301 e. The molecule has 0 spiro atoms. The zero-order chi connectivity index (χ0) is 14.4. The van der Waals surface area contributed by atoms with Crippen molar-refractivity contribution in [3.05, 3.63) is 16.1 Å². The Morgan fingerprint density at radius 1 is 1.29 bits per heavy atom. The Bertz CT molecular complexity index is 508. The second-order valence-corrected chi connectivity index (χ2v) is 8.28. The second kappa shape index (κ2) is 5.32. The number of aromatic nitrogens is 1.